The van der Waals surface area contributed by atoms with E-state index in [0.29, 0.717) is 35.5 Å². The van der Waals surface area contributed by atoms with Gasteiger partial charge in [-0.05, 0) is 47.6 Å². The van der Waals surface area contributed by atoms with Gasteiger partial charge in [0.15, 0.2) is 0 Å². The molecule has 0 spiro atoms. The normalized spacial score (nSPS) is 45.1. The Morgan fingerprint density at radius 3 is 2.21 bits per heavy atom. The maximum Gasteiger partial charge on any atom is 0.270 e. The van der Waals surface area contributed by atoms with E-state index in [0.717, 1.165) is 25.3 Å². The Hall–Kier alpha value is -2.21. The third-order valence-corrected chi connectivity index (χ3v) is 8.81. The number of amides is 1. The summed E-state index contributed by atoms with van der Waals surface area (Å²) in [7, 11) is -3.68. The molecule has 6 fully saturated rings. The van der Waals surface area contributed by atoms with E-state index in [1.54, 1.807) is 0 Å². The maximum absolute atomic E-state index is 13.8. The van der Waals surface area contributed by atoms with Crippen LogP contribution >= 0.6 is 0 Å². The Kier molecular flexibility index (Phi) is 2.51. The van der Waals surface area contributed by atoms with Crippen LogP contribution in [0.5, 0.6) is 0 Å². The number of benzene rings is 1. The van der Waals surface area contributed by atoms with E-state index in [4.69, 9.17) is 0 Å². The zero-order valence-electron chi connectivity index (χ0n) is 15.0. The third kappa shape index (κ3) is 1.40. The molecule has 7 rings (SSSR count). The number of rotatable bonds is 5. The van der Waals surface area contributed by atoms with Crippen molar-refractivity contribution in [3.05, 3.63) is 29.3 Å². The predicted molar refractivity (Wildman–Crippen MR) is 93.7 cm³/mol. The number of carbonyl (C=O) groups excluding carboxylic acids is 1. The van der Waals surface area contributed by atoms with Crippen molar-refractivity contribution >= 4 is 21.6 Å². The van der Waals surface area contributed by atoms with E-state index in [-0.39, 0.29) is 27.8 Å². The summed E-state index contributed by atoms with van der Waals surface area (Å²) in [6, 6.07) is 5.85. The number of alkyl halides is 2. The highest BCUT2D eigenvalue weighted by Crippen LogP contribution is 3.06. The molecule has 6 aliphatic carbocycles. The molecule has 1 amide bonds. The topological polar surface area (TPSA) is 99.1 Å². The molecule has 6 saturated carbocycles. The summed E-state index contributed by atoms with van der Waals surface area (Å²) in [5, 5.41) is 12.5. The van der Waals surface area contributed by atoms with E-state index in [1.807, 2.05) is 0 Å². The lowest BCUT2D eigenvalue weighted by Gasteiger charge is -3.09. The number of hydrogen-bond acceptors (Lipinski definition) is 4. The number of nitriles is 1. The van der Waals surface area contributed by atoms with Crippen LogP contribution in [0.1, 0.15) is 22.8 Å². The van der Waals surface area contributed by atoms with Crippen LogP contribution in [-0.2, 0) is 15.9 Å². The van der Waals surface area contributed by atoms with Gasteiger partial charge in [-0.25, -0.2) is 17.2 Å². The SMILES string of the molecule is CC(F)(F)c1ccc(NS(C)(=O)=O)c(C(=O)NC23C4C5C2C2C3C4C52C#N)c1. The van der Waals surface area contributed by atoms with E-state index < -0.39 is 21.9 Å². The summed E-state index contributed by atoms with van der Waals surface area (Å²) in [6.07, 6.45) is 0.941. The molecule has 6 nitrogen and oxygen atoms in total. The van der Waals surface area contributed by atoms with Crippen LogP contribution in [-0.4, -0.2) is 26.1 Å². The number of sulfonamides is 1. The van der Waals surface area contributed by atoms with Crippen molar-refractivity contribution in [1.82, 2.24) is 5.32 Å². The van der Waals surface area contributed by atoms with E-state index in [1.165, 1.54) is 6.07 Å². The summed E-state index contributed by atoms with van der Waals surface area (Å²) in [5.41, 5.74) is -0.913. The molecule has 0 aliphatic heterocycles. The van der Waals surface area contributed by atoms with Gasteiger partial charge in [-0.2, -0.15) is 5.26 Å². The highest BCUT2D eigenvalue weighted by molar-refractivity contribution is 7.92. The number of hydrogen-bond donors (Lipinski definition) is 2. The molecular weight excluding hydrogens is 388 g/mol. The van der Waals surface area contributed by atoms with Crippen LogP contribution < -0.4 is 10.0 Å². The van der Waals surface area contributed by atoms with Crippen LogP contribution in [0.4, 0.5) is 14.5 Å². The summed E-state index contributed by atoms with van der Waals surface area (Å²) >= 11 is 0. The lowest BCUT2D eigenvalue weighted by molar-refractivity contribution is -0.607. The third-order valence-electron chi connectivity index (χ3n) is 8.22. The molecule has 1 aromatic carbocycles. The number of nitrogens with one attached hydrogen (secondary N) is 2. The molecule has 0 bridgehead atoms. The first kappa shape index (κ1) is 16.7. The molecule has 6 aliphatic rings. The van der Waals surface area contributed by atoms with Crippen molar-refractivity contribution in [2.45, 2.75) is 18.4 Å². The largest absolute Gasteiger partial charge is 0.346 e. The van der Waals surface area contributed by atoms with Gasteiger partial charge in [0.05, 0.1) is 34.5 Å². The Morgan fingerprint density at radius 1 is 1.18 bits per heavy atom. The van der Waals surface area contributed by atoms with Gasteiger partial charge >= 0.3 is 0 Å². The van der Waals surface area contributed by atoms with Crippen LogP contribution in [0.3, 0.4) is 0 Å². The van der Waals surface area contributed by atoms with Gasteiger partial charge in [-0.1, -0.05) is 6.07 Å². The van der Waals surface area contributed by atoms with Gasteiger partial charge in [0, 0.05) is 12.5 Å². The number of anilines is 1. The monoisotopic (exact) mass is 405 g/mol. The second-order valence-corrected chi connectivity index (χ2v) is 10.9. The summed E-state index contributed by atoms with van der Waals surface area (Å²) in [4.78, 5) is 13.0. The molecule has 0 unspecified atom stereocenters. The summed E-state index contributed by atoms with van der Waals surface area (Å²) < 4.78 is 53.0. The minimum absolute atomic E-state index is 0.0154. The average Bonchev–Trinajstić information content (AvgIpc) is 2.60. The van der Waals surface area contributed by atoms with Crippen molar-refractivity contribution in [2.75, 3.05) is 11.0 Å². The Labute approximate surface area is 160 Å². The van der Waals surface area contributed by atoms with E-state index >= 15 is 0 Å². The fourth-order valence-corrected chi connectivity index (χ4v) is 8.14. The minimum Gasteiger partial charge on any atom is -0.346 e. The maximum atomic E-state index is 13.8. The van der Waals surface area contributed by atoms with Gasteiger partial charge in [0.25, 0.3) is 11.8 Å². The van der Waals surface area contributed by atoms with Gasteiger partial charge < -0.3 is 5.32 Å². The zero-order valence-corrected chi connectivity index (χ0v) is 15.8. The molecule has 0 radical (unpaired) electrons. The lowest BCUT2D eigenvalue weighted by Crippen LogP contribution is -3.15. The first-order valence-corrected chi connectivity index (χ1v) is 11.1. The minimum atomic E-state index is -3.68. The molecule has 28 heavy (non-hydrogen) atoms. The van der Waals surface area contributed by atoms with Crippen molar-refractivity contribution in [3.8, 4) is 6.07 Å². The van der Waals surface area contributed by atoms with Gasteiger partial charge in [0.2, 0.25) is 10.0 Å². The fourth-order valence-electron chi connectivity index (χ4n) is 7.56. The molecule has 1 aromatic rings. The van der Waals surface area contributed by atoms with Crippen LogP contribution in [0.2, 0.25) is 0 Å². The standard InChI is InChI=1S/C19H17F2N3O3S/c1-17(20,21)7-3-4-9(24-28(2,26)27)8(5-7)16(25)23-19-13-10-14(19)12-15(19)11(13)18(10,12)6-22/h3-5,10-15,24H,1-2H3,(H,23,25). The number of halogens is 2. The summed E-state index contributed by atoms with van der Waals surface area (Å²) in [6.45, 7) is 0.730. The number of carbonyl (C=O) groups is 1. The number of nitrogens with zero attached hydrogens (tertiary/aromatic N) is 1. The molecule has 0 saturated heterocycles. The molecule has 2 N–H and O–H groups in total. The van der Waals surface area contributed by atoms with E-state index in [9.17, 15) is 27.3 Å². The Morgan fingerprint density at radius 2 is 1.75 bits per heavy atom. The average molecular weight is 405 g/mol. The molecular formula is C19H17F2N3O3S. The molecule has 0 atom stereocenters. The first-order chi connectivity index (χ1) is 13.0. The van der Waals surface area contributed by atoms with Crippen molar-refractivity contribution < 1.29 is 22.0 Å². The smallest absolute Gasteiger partial charge is 0.270 e. The molecule has 9 heteroatoms. The molecule has 0 heterocycles. The first-order valence-electron chi connectivity index (χ1n) is 9.22. The summed E-state index contributed by atoms with van der Waals surface area (Å²) in [5.74, 6) is -1.62. The van der Waals surface area contributed by atoms with Gasteiger partial charge in [-0.3, -0.25) is 9.52 Å². The molecule has 146 valence electrons. The quantitative estimate of drug-likeness (QED) is 0.782. The van der Waals surface area contributed by atoms with Crippen molar-refractivity contribution in [3.63, 3.8) is 0 Å². The van der Waals surface area contributed by atoms with E-state index in [2.05, 4.69) is 16.1 Å². The van der Waals surface area contributed by atoms with Crippen LogP contribution in [0, 0.1) is 52.3 Å². The van der Waals surface area contributed by atoms with Crippen molar-refractivity contribution in [1.29, 1.82) is 5.26 Å². The highest BCUT2D eigenvalue weighted by atomic mass is 32.2. The second-order valence-electron chi connectivity index (χ2n) is 9.11. The fraction of sp³-hybridized carbons (Fsp3) is 0.579. The lowest BCUT2D eigenvalue weighted by atomic mass is 8.94. The Balaban J connectivity index is 1.31. The van der Waals surface area contributed by atoms with Gasteiger partial charge in [0.1, 0.15) is 0 Å². The van der Waals surface area contributed by atoms with Crippen LogP contribution in [0.25, 0.3) is 0 Å². The highest BCUT2D eigenvalue weighted by Gasteiger charge is 3.11. The molecule has 0 aromatic heterocycles. The zero-order chi connectivity index (χ0) is 20.0. The second kappa shape index (κ2) is 4.20. The van der Waals surface area contributed by atoms with Gasteiger partial charge in [-0.15, -0.1) is 0 Å². The Bertz CT molecular complexity index is 1080. The van der Waals surface area contributed by atoms with Crippen molar-refractivity contribution in [2.24, 2.45) is 40.9 Å². The van der Waals surface area contributed by atoms with Crippen LogP contribution in [0.15, 0.2) is 18.2 Å². The predicted octanol–water partition coefficient (Wildman–Crippen LogP) is 1.91.